The normalized spacial score (nSPS) is 11.3. The van der Waals surface area contributed by atoms with Gasteiger partial charge in [-0.1, -0.05) is 18.2 Å². The molecule has 6 heteroatoms. The number of rotatable bonds is 4. The first kappa shape index (κ1) is 18.0. The first-order valence-electron chi connectivity index (χ1n) is 9.55. The van der Waals surface area contributed by atoms with Crippen LogP contribution >= 0.6 is 0 Å². The number of H-pyrrole nitrogens is 1. The topological polar surface area (TPSA) is 80.1 Å². The molecule has 3 aromatic carbocycles. The number of fused-ring (bicyclic) bond motifs is 2. The molecule has 0 saturated heterocycles. The zero-order valence-corrected chi connectivity index (χ0v) is 16.5. The number of carboxylic acid groups (broad SMARTS) is 1. The smallest absolute Gasteiger partial charge is 0.336 e. The van der Waals surface area contributed by atoms with Crippen molar-refractivity contribution in [2.45, 2.75) is 6.92 Å². The van der Waals surface area contributed by atoms with Crippen LogP contribution in [0.1, 0.15) is 15.9 Å². The van der Waals surface area contributed by atoms with Crippen molar-refractivity contribution < 1.29 is 14.6 Å². The first-order chi connectivity index (χ1) is 14.5. The van der Waals surface area contributed by atoms with E-state index in [4.69, 9.17) is 4.74 Å². The summed E-state index contributed by atoms with van der Waals surface area (Å²) in [6.07, 6.45) is 2.05. The number of carbonyl (C=O) groups is 1. The molecule has 0 aliphatic rings. The Labute approximate surface area is 172 Å². The number of benzene rings is 3. The molecule has 0 amide bonds. The van der Waals surface area contributed by atoms with Crippen LogP contribution in [0.5, 0.6) is 11.8 Å². The van der Waals surface area contributed by atoms with Crippen molar-refractivity contribution in [3.05, 3.63) is 78.0 Å². The fourth-order valence-electron chi connectivity index (χ4n) is 3.68. The predicted molar refractivity (Wildman–Crippen MR) is 116 cm³/mol. The number of aryl methyl sites for hydroxylation is 2. The average molecular weight is 397 g/mol. The number of ether oxygens (including phenoxy) is 1. The summed E-state index contributed by atoms with van der Waals surface area (Å²) in [4.78, 5) is 19.0. The predicted octanol–water partition coefficient (Wildman–Crippen LogP) is 5.52. The molecule has 0 radical (unpaired) electrons. The molecule has 0 atom stereocenters. The second-order valence-corrected chi connectivity index (χ2v) is 7.36. The van der Waals surface area contributed by atoms with Crippen LogP contribution in [0.25, 0.3) is 33.1 Å². The monoisotopic (exact) mass is 397 g/mol. The lowest BCUT2D eigenvalue weighted by molar-refractivity contribution is 0.0695. The van der Waals surface area contributed by atoms with Crippen LogP contribution in [-0.2, 0) is 7.05 Å². The maximum atomic E-state index is 11.3. The van der Waals surface area contributed by atoms with E-state index in [9.17, 15) is 9.90 Å². The second-order valence-electron chi connectivity index (χ2n) is 7.36. The minimum Gasteiger partial charge on any atom is -0.478 e. The Morgan fingerprint density at radius 1 is 1.03 bits per heavy atom. The molecule has 148 valence electrons. The molecule has 2 aromatic heterocycles. The number of nitrogens with one attached hydrogen (secondary N) is 1. The Bertz CT molecular complexity index is 1430. The van der Waals surface area contributed by atoms with Gasteiger partial charge in [-0.25, -0.2) is 4.79 Å². The Balaban J connectivity index is 1.48. The molecule has 2 N–H and O–H groups in total. The summed E-state index contributed by atoms with van der Waals surface area (Å²) in [5.41, 5.74) is 5.89. The molecule has 5 rings (SSSR count). The zero-order valence-electron chi connectivity index (χ0n) is 16.5. The molecular formula is C24H19N3O3. The third-order valence-corrected chi connectivity index (χ3v) is 5.33. The van der Waals surface area contributed by atoms with Gasteiger partial charge in [-0.3, -0.25) is 0 Å². The largest absolute Gasteiger partial charge is 0.478 e. The summed E-state index contributed by atoms with van der Waals surface area (Å²) in [5.74, 6) is -0.561. The summed E-state index contributed by atoms with van der Waals surface area (Å²) in [6, 6.07) is 19.8. The Hall–Kier alpha value is -4.06. The van der Waals surface area contributed by atoms with Crippen LogP contribution in [0.4, 0.5) is 0 Å². The summed E-state index contributed by atoms with van der Waals surface area (Å²) in [5, 5.41) is 10.5. The first-order valence-corrected chi connectivity index (χ1v) is 9.55. The van der Waals surface area contributed by atoms with Crippen molar-refractivity contribution in [2.24, 2.45) is 7.05 Å². The summed E-state index contributed by atoms with van der Waals surface area (Å²) in [7, 11) is 2.03. The van der Waals surface area contributed by atoms with Crippen molar-refractivity contribution in [2.75, 3.05) is 0 Å². The van der Waals surface area contributed by atoms with Crippen LogP contribution in [-0.4, -0.2) is 25.6 Å². The van der Waals surface area contributed by atoms with Crippen LogP contribution in [0.2, 0.25) is 0 Å². The van der Waals surface area contributed by atoms with Gasteiger partial charge in [0.25, 0.3) is 6.01 Å². The summed E-state index contributed by atoms with van der Waals surface area (Å²) < 4.78 is 7.88. The summed E-state index contributed by atoms with van der Waals surface area (Å²) >= 11 is 0. The highest BCUT2D eigenvalue weighted by Crippen LogP contribution is 2.29. The van der Waals surface area contributed by atoms with Crippen LogP contribution < -0.4 is 4.74 Å². The highest BCUT2D eigenvalue weighted by molar-refractivity contribution is 5.90. The summed E-state index contributed by atoms with van der Waals surface area (Å²) in [6.45, 7) is 1.75. The van der Waals surface area contributed by atoms with Crippen LogP contribution in [0.3, 0.4) is 0 Å². The lowest BCUT2D eigenvalue weighted by atomic mass is 10.0. The molecule has 0 spiro atoms. The van der Waals surface area contributed by atoms with E-state index in [0.717, 1.165) is 22.2 Å². The second kappa shape index (κ2) is 6.77. The van der Waals surface area contributed by atoms with E-state index < -0.39 is 5.97 Å². The molecule has 5 aromatic rings. The minimum absolute atomic E-state index is 0.210. The van der Waals surface area contributed by atoms with Gasteiger partial charge in [0.2, 0.25) is 0 Å². The fraction of sp³-hybridized carbons (Fsp3) is 0.0833. The van der Waals surface area contributed by atoms with E-state index >= 15 is 0 Å². The third kappa shape index (κ3) is 3.08. The van der Waals surface area contributed by atoms with E-state index in [-0.39, 0.29) is 5.56 Å². The van der Waals surface area contributed by atoms with Gasteiger partial charge < -0.3 is 19.4 Å². The average Bonchev–Trinajstić information content (AvgIpc) is 3.31. The quantitative estimate of drug-likeness (QED) is 0.418. The highest BCUT2D eigenvalue weighted by Gasteiger charge is 2.11. The number of nitrogens with zero attached hydrogens (tertiary/aromatic N) is 2. The van der Waals surface area contributed by atoms with Gasteiger partial charge in [0, 0.05) is 24.1 Å². The minimum atomic E-state index is -0.984. The van der Waals surface area contributed by atoms with E-state index in [0.29, 0.717) is 17.3 Å². The highest BCUT2D eigenvalue weighted by atomic mass is 16.5. The molecule has 0 unspecified atom stereocenters. The van der Waals surface area contributed by atoms with E-state index in [1.54, 1.807) is 19.1 Å². The van der Waals surface area contributed by atoms with Crippen LogP contribution in [0, 0.1) is 6.92 Å². The number of hydrogen-bond acceptors (Lipinski definition) is 3. The molecule has 0 aliphatic heterocycles. The van der Waals surface area contributed by atoms with E-state index in [1.807, 2.05) is 25.2 Å². The SMILES string of the molecule is Cc1ccc(Oc2nc3cc(-c4ccc5c(ccn5C)c4)ccc3[nH]2)cc1C(=O)O. The molecule has 2 heterocycles. The molecular weight excluding hydrogens is 378 g/mol. The van der Waals surface area contributed by atoms with Gasteiger partial charge in [0.1, 0.15) is 5.75 Å². The lowest BCUT2D eigenvalue weighted by Crippen LogP contribution is -2.00. The van der Waals surface area contributed by atoms with Gasteiger partial charge in [-0.15, -0.1) is 0 Å². The van der Waals surface area contributed by atoms with Crippen molar-refractivity contribution in [1.82, 2.24) is 14.5 Å². The molecule has 30 heavy (non-hydrogen) atoms. The Kier molecular flexibility index (Phi) is 4.06. The Morgan fingerprint density at radius 2 is 1.83 bits per heavy atom. The van der Waals surface area contributed by atoms with Gasteiger partial charge in [0.15, 0.2) is 0 Å². The number of imidazole rings is 1. The number of aromatic carboxylic acids is 1. The standard InChI is InChI=1S/C24H19N3O3/c1-14-3-6-18(13-19(14)23(28)29)30-24-25-20-7-4-16(12-21(20)26-24)15-5-8-22-17(11-15)9-10-27(22)2/h3-13H,1-2H3,(H,25,26)(H,28,29). The molecule has 0 bridgehead atoms. The number of aromatic nitrogens is 3. The Morgan fingerprint density at radius 3 is 2.67 bits per heavy atom. The van der Waals surface area contributed by atoms with Crippen molar-refractivity contribution in [3.8, 4) is 22.9 Å². The maximum absolute atomic E-state index is 11.3. The number of hydrogen-bond donors (Lipinski definition) is 2. The zero-order chi connectivity index (χ0) is 20.8. The maximum Gasteiger partial charge on any atom is 0.336 e. The van der Waals surface area contributed by atoms with Gasteiger partial charge in [0.05, 0.1) is 16.6 Å². The third-order valence-electron chi connectivity index (χ3n) is 5.33. The van der Waals surface area contributed by atoms with E-state index in [2.05, 4.69) is 45.0 Å². The molecule has 0 aliphatic carbocycles. The van der Waals surface area contributed by atoms with Crippen molar-refractivity contribution in [3.63, 3.8) is 0 Å². The molecule has 6 nitrogen and oxygen atoms in total. The van der Waals surface area contributed by atoms with Crippen LogP contribution in [0.15, 0.2) is 66.9 Å². The molecule has 0 saturated carbocycles. The fourth-order valence-corrected chi connectivity index (χ4v) is 3.68. The number of aromatic amines is 1. The van der Waals surface area contributed by atoms with E-state index in [1.165, 1.54) is 17.0 Å². The van der Waals surface area contributed by atoms with Gasteiger partial charge in [-0.2, -0.15) is 4.98 Å². The number of carboxylic acids is 1. The lowest BCUT2D eigenvalue weighted by Gasteiger charge is -2.05. The van der Waals surface area contributed by atoms with Crippen molar-refractivity contribution in [1.29, 1.82) is 0 Å². The van der Waals surface area contributed by atoms with Crippen molar-refractivity contribution >= 4 is 27.9 Å². The molecule has 0 fully saturated rings. The van der Waals surface area contributed by atoms with Gasteiger partial charge >= 0.3 is 5.97 Å². The van der Waals surface area contributed by atoms with Gasteiger partial charge in [-0.05, 0) is 66.1 Å².